The third-order valence-corrected chi connectivity index (χ3v) is 4.57. The summed E-state index contributed by atoms with van der Waals surface area (Å²) in [7, 11) is 0. The normalized spacial score (nSPS) is 11.4. The van der Waals surface area contributed by atoms with E-state index in [0.717, 1.165) is 22.5 Å². The molecule has 0 atom stereocenters. The van der Waals surface area contributed by atoms with Crippen molar-refractivity contribution in [1.82, 2.24) is 15.0 Å². The maximum atomic E-state index is 4.81. The number of hydrogen-bond acceptors (Lipinski definition) is 3. The van der Waals surface area contributed by atoms with Gasteiger partial charge >= 0.3 is 0 Å². The van der Waals surface area contributed by atoms with Crippen LogP contribution in [0.25, 0.3) is 33.9 Å². The summed E-state index contributed by atoms with van der Waals surface area (Å²) in [6, 6.07) is 28.8. The van der Waals surface area contributed by atoms with Crippen molar-refractivity contribution < 1.29 is 0 Å². The van der Waals surface area contributed by atoms with E-state index < -0.39 is 0 Å². The van der Waals surface area contributed by atoms with Gasteiger partial charge < -0.3 is 0 Å². The Morgan fingerprint density at radius 2 is 1.00 bits per heavy atom. The average molecular weight is 365 g/mol. The molecule has 0 saturated carbocycles. The Bertz CT molecular complexity index is 1080. The van der Waals surface area contributed by atoms with Gasteiger partial charge in [0, 0.05) is 16.5 Å². The molecule has 1 aromatic heterocycles. The smallest absolute Gasteiger partial charge is 0.163 e. The van der Waals surface area contributed by atoms with Gasteiger partial charge in [-0.25, -0.2) is 15.0 Å². The molecule has 0 unspecified atom stereocenters. The SMILES string of the molecule is CC(C)(C)c1nc(-c2ccccc2)nc(-c2cccc(-c3ccccc3)c2)n1. The maximum absolute atomic E-state index is 4.81. The lowest BCUT2D eigenvalue weighted by atomic mass is 9.95. The van der Waals surface area contributed by atoms with E-state index in [0.29, 0.717) is 11.6 Å². The fraction of sp³-hybridized carbons (Fsp3) is 0.160. The molecule has 3 heteroatoms. The molecule has 4 aromatic rings. The lowest BCUT2D eigenvalue weighted by Gasteiger charge is -2.18. The van der Waals surface area contributed by atoms with Gasteiger partial charge in [-0.15, -0.1) is 0 Å². The van der Waals surface area contributed by atoms with E-state index in [9.17, 15) is 0 Å². The van der Waals surface area contributed by atoms with Crippen molar-refractivity contribution in [3.8, 4) is 33.9 Å². The van der Waals surface area contributed by atoms with Gasteiger partial charge in [0.2, 0.25) is 0 Å². The van der Waals surface area contributed by atoms with Gasteiger partial charge in [-0.1, -0.05) is 99.6 Å². The van der Waals surface area contributed by atoms with E-state index in [1.807, 2.05) is 36.4 Å². The van der Waals surface area contributed by atoms with Crippen LogP contribution in [0.15, 0.2) is 84.9 Å². The summed E-state index contributed by atoms with van der Waals surface area (Å²) >= 11 is 0. The standard InChI is InChI=1S/C25H23N3/c1-25(2,3)24-27-22(19-13-8-5-9-14-19)26-23(28-24)21-16-10-15-20(17-21)18-11-6-4-7-12-18/h4-17H,1-3H3. The third kappa shape index (κ3) is 3.84. The highest BCUT2D eigenvalue weighted by molar-refractivity contribution is 5.71. The Hall–Kier alpha value is -3.33. The van der Waals surface area contributed by atoms with Crippen molar-refractivity contribution in [3.05, 3.63) is 90.8 Å². The number of hydrogen-bond donors (Lipinski definition) is 0. The van der Waals surface area contributed by atoms with E-state index in [1.165, 1.54) is 5.56 Å². The molecule has 0 amide bonds. The second kappa shape index (κ2) is 7.35. The van der Waals surface area contributed by atoms with E-state index in [-0.39, 0.29) is 5.41 Å². The molecule has 0 aliphatic rings. The first-order valence-electron chi connectivity index (χ1n) is 9.48. The van der Waals surface area contributed by atoms with Crippen molar-refractivity contribution in [2.45, 2.75) is 26.2 Å². The van der Waals surface area contributed by atoms with Gasteiger partial charge in [0.05, 0.1) is 0 Å². The highest BCUT2D eigenvalue weighted by atomic mass is 15.0. The molecular weight excluding hydrogens is 342 g/mol. The zero-order valence-electron chi connectivity index (χ0n) is 16.4. The second-order valence-corrected chi connectivity index (χ2v) is 7.87. The monoisotopic (exact) mass is 365 g/mol. The van der Waals surface area contributed by atoms with Crippen LogP contribution in [0.5, 0.6) is 0 Å². The highest BCUT2D eigenvalue weighted by Gasteiger charge is 2.21. The Labute approximate surface area is 166 Å². The zero-order valence-corrected chi connectivity index (χ0v) is 16.4. The van der Waals surface area contributed by atoms with Crippen LogP contribution in [0.1, 0.15) is 26.6 Å². The number of rotatable bonds is 3. The molecule has 0 radical (unpaired) electrons. The van der Waals surface area contributed by atoms with Gasteiger partial charge in [-0.3, -0.25) is 0 Å². The summed E-state index contributed by atoms with van der Waals surface area (Å²) in [5.41, 5.74) is 4.15. The highest BCUT2D eigenvalue weighted by Crippen LogP contribution is 2.28. The summed E-state index contributed by atoms with van der Waals surface area (Å²) in [6.45, 7) is 6.38. The van der Waals surface area contributed by atoms with Gasteiger partial charge in [0.25, 0.3) is 0 Å². The van der Waals surface area contributed by atoms with Crippen LogP contribution in [0.3, 0.4) is 0 Å². The van der Waals surface area contributed by atoms with Crippen molar-refractivity contribution in [2.75, 3.05) is 0 Å². The lowest BCUT2D eigenvalue weighted by molar-refractivity contribution is 0.543. The van der Waals surface area contributed by atoms with Crippen molar-refractivity contribution in [2.24, 2.45) is 0 Å². The molecular formula is C25H23N3. The average Bonchev–Trinajstić information content (AvgIpc) is 2.74. The molecule has 28 heavy (non-hydrogen) atoms. The van der Waals surface area contributed by atoms with Crippen LogP contribution in [-0.2, 0) is 5.41 Å². The van der Waals surface area contributed by atoms with Gasteiger partial charge in [-0.2, -0.15) is 0 Å². The summed E-state index contributed by atoms with van der Waals surface area (Å²) in [5, 5.41) is 0. The fourth-order valence-electron chi connectivity index (χ4n) is 3.03. The molecule has 0 aliphatic carbocycles. The third-order valence-electron chi connectivity index (χ3n) is 4.57. The number of aromatic nitrogens is 3. The van der Waals surface area contributed by atoms with E-state index in [1.54, 1.807) is 0 Å². The Morgan fingerprint density at radius 1 is 0.500 bits per heavy atom. The molecule has 1 heterocycles. The van der Waals surface area contributed by atoms with Crippen LogP contribution in [0.4, 0.5) is 0 Å². The van der Waals surface area contributed by atoms with Crippen LogP contribution in [-0.4, -0.2) is 15.0 Å². The van der Waals surface area contributed by atoms with E-state index in [4.69, 9.17) is 15.0 Å². The largest absolute Gasteiger partial charge is 0.212 e. The van der Waals surface area contributed by atoms with Gasteiger partial charge in [-0.05, 0) is 17.2 Å². The number of nitrogens with zero attached hydrogens (tertiary/aromatic N) is 3. The zero-order chi connectivity index (χ0) is 19.6. The Morgan fingerprint density at radius 3 is 1.61 bits per heavy atom. The molecule has 0 N–H and O–H groups in total. The van der Waals surface area contributed by atoms with Crippen molar-refractivity contribution in [3.63, 3.8) is 0 Å². The van der Waals surface area contributed by atoms with E-state index in [2.05, 4.69) is 69.3 Å². The molecule has 0 aliphatic heterocycles. The molecule has 138 valence electrons. The van der Waals surface area contributed by atoms with Crippen LogP contribution >= 0.6 is 0 Å². The summed E-state index contributed by atoms with van der Waals surface area (Å²) < 4.78 is 0. The fourth-order valence-corrected chi connectivity index (χ4v) is 3.03. The Kier molecular flexibility index (Phi) is 4.74. The quantitative estimate of drug-likeness (QED) is 0.436. The minimum Gasteiger partial charge on any atom is -0.212 e. The first-order valence-corrected chi connectivity index (χ1v) is 9.48. The molecule has 3 aromatic carbocycles. The molecule has 0 fully saturated rings. The van der Waals surface area contributed by atoms with E-state index >= 15 is 0 Å². The maximum Gasteiger partial charge on any atom is 0.163 e. The number of benzene rings is 3. The lowest BCUT2D eigenvalue weighted by Crippen LogP contribution is -2.18. The molecule has 0 bridgehead atoms. The molecule has 4 rings (SSSR count). The van der Waals surface area contributed by atoms with Crippen molar-refractivity contribution >= 4 is 0 Å². The molecule has 0 saturated heterocycles. The van der Waals surface area contributed by atoms with Crippen LogP contribution in [0.2, 0.25) is 0 Å². The molecule has 3 nitrogen and oxygen atoms in total. The topological polar surface area (TPSA) is 38.7 Å². The first kappa shape index (κ1) is 18.1. The Balaban J connectivity index is 1.86. The van der Waals surface area contributed by atoms with Crippen molar-refractivity contribution in [1.29, 1.82) is 0 Å². The van der Waals surface area contributed by atoms with Crippen LogP contribution in [0, 0.1) is 0 Å². The van der Waals surface area contributed by atoms with Gasteiger partial charge in [0.15, 0.2) is 11.6 Å². The minimum absolute atomic E-state index is 0.168. The molecule has 0 spiro atoms. The predicted molar refractivity (Wildman–Crippen MR) is 115 cm³/mol. The summed E-state index contributed by atoms with van der Waals surface area (Å²) in [6.07, 6.45) is 0. The summed E-state index contributed by atoms with van der Waals surface area (Å²) in [4.78, 5) is 14.4. The van der Waals surface area contributed by atoms with Crippen LogP contribution < -0.4 is 0 Å². The summed E-state index contributed by atoms with van der Waals surface area (Å²) in [5.74, 6) is 2.21. The predicted octanol–water partition coefficient (Wildman–Crippen LogP) is 6.17. The second-order valence-electron chi connectivity index (χ2n) is 7.87. The first-order chi connectivity index (χ1) is 13.5. The van der Waals surface area contributed by atoms with Gasteiger partial charge in [0.1, 0.15) is 5.82 Å². The minimum atomic E-state index is -0.168.